The number of anilines is 2. The average molecular weight is 345 g/mol. The maximum atomic E-state index is 13.9. The summed E-state index contributed by atoms with van der Waals surface area (Å²) in [6, 6.07) is 7.77. The van der Waals surface area contributed by atoms with Crippen molar-refractivity contribution in [3.8, 4) is 0 Å². The van der Waals surface area contributed by atoms with E-state index in [9.17, 15) is 14.0 Å². The van der Waals surface area contributed by atoms with Crippen LogP contribution in [0.2, 0.25) is 5.02 Å². The molecule has 0 aromatic heterocycles. The lowest BCUT2D eigenvalue weighted by atomic mass is 9.99. The van der Waals surface area contributed by atoms with E-state index < -0.39 is 11.7 Å². The SMILES string of the molecule is O=C(Nc1cc2c3c(c1)CC(=O)N3CCC2)c1c(F)cccc1Cl. The number of hydrogen-bond donors (Lipinski definition) is 1. The van der Waals surface area contributed by atoms with Gasteiger partial charge in [-0.1, -0.05) is 17.7 Å². The Kier molecular flexibility index (Phi) is 3.53. The molecule has 2 amide bonds. The van der Waals surface area contributed by atoms with E-state index in [0.717, 1.165) is 36.2 Å². The largest absolute Gasteiger partial charge is 0.322 e. The van der Waals surface area contributed by atoms with Crippen LogP contribution in [0.15, 0.2) is 30.3 Å². The Bertz CT molecular complexity index is 861. The van der Waals surface area contributed by atoms with Crippen molar-refractivity contribution in [1.29, 1.82) is 0 Å². The molecule has 0 bridgehead atoms. The lowest BCUT2D eigenvalue weighted by molar-refractivity contribution is -0.117. The zero-order valence-corrected chi connectivity index (χ0v) is 13.5. The summed E-state index contributed by atoms with van der Waals surface area (Å²) in [6.45, 7) is 0.745. The van der Waals surface area contributed by atoms with Crippen LogP contribution in [0, 0.1) is 5.82 Å². The van der Waals surface area contributed by atoms with Crippen molar-refractivity contribution in [3.05, 3.63) is 57.9 Å². The first-order chi connectivity index (χ1) is 11.5. The summed E-state index contributed by atoms with van der Waals surface area (Å²) in [5, 5.41) is 2.77. The molecule has 1 N–H and O–H groups in total. The Labute approximate surface area is 143 Å². The maximum Gasteiger partial charge on any atom is 0.260 e. The Morgan fingerprint density at radius 1 is 1.25 bits per heavy atom. The van der Waals surface area contributed by atoms with Crippen LogP contribution in [0.1, 0.15) is 27.9 Å². The fraction of sp³-hybridized carbons (Fsp3) is 0.222. The van der Waals surface area contributed by atoms with E-state index in [1.165, 1.54) is 18.2 Å². The van der Waals surface area contributed by atoms with E-state index in [4.69, 9.17) is 11.6 Å². The molecule has 0 saturated heterocycles. The molecule has 122 valence electrons. The molecule has 2 aromatic carbocycles. The van der Waals surface area contributed by atoms with Crippen LogP contribution in [0.3, 0.4) is 0 Å². The van der Waals surface area contributed by atoms with Crippen molar-refractivity contribution in [2.75, 3.05) is 16.8 Å². The average Bonchev–Trinajstić information content (AvgIpc) is 2.85. The standard InChI is InChI=1S/C18H14ClFN2O2/c19-13-4-1-5-14(20)16(13)18(24)21-12-7-10-3-2-6-22-15(23)9-11(8-12)17(10)22/h1,4-5,7-8H,2-3,6,9H2,(H,21,24). The zero-order valence-electron chi connectivity index (χ0n) is 12.7. The Morgan fingerprint density at radius 2 is 2.04 bits per heavy atom. The number of amides is 2. The van der Waals surface area contributed by atoms with Gasteiger partial charge in [-0.25, -0.2) is 4.39 Å². The Morgan fingerprint density at radius 3 is 2.83 bits per heavy atom. The predicted octanol–water partition coefficient (Wildman–Crippen LogP) is 3.57. The van der Waals surface area contributed by atoms with Gasteiger partial charge in [0.15, 0.2) is 0 Å². The Balaban J connectivity index is 1.68. The normalized spacial score (nSPS) is 15.4. The molecule has 2 aliphatic rings. The third-order valence-corrected chi connectivity index (χ3v) is 4.77. The lowest BCUT2D eigenvalue weighted by Gasteiger charge is -2.26. The van der Waals surface area contributed by atoms with Gasteiger partial charge in [0.1, 0.15) is 5.82 Å². The molecule has 0 aliphatic carbocycles. The molecular weight excluding hydrogens is 331 g/mol. The highest BCUT2D eigenvalue weighted by atomic mass is 35.5. The fourth-order valence-electron chi connectivity index (χ4n) is 3.46. The first-order valence-corrected chi connectivity index (χ1v) is 8.14. The topological polar surface area (TPSA) is 49.4 Å². The molecule has 0 spiro atoms. The Hall–Kier alpha value is -2.40. The van der Waals surface area contributed by atoms with Crippen molar-refractivity contribution in [3.63, 3.8) is 0 Å². The van der Waals surface area contributed by atoms with Crippen LogP contribution in [0.25, 0.3) is 0 Å². The molecule has 24 heavy (non-hydrogen) atoms. The number of carbonyl (C=O) groups is 2. The van der Waals surface area contributed by atoms with Gasteiger partial charge in [-0.15, -0.1) is 0 Å². The van der Waals surface area contributed by atoms with E-state index in [0.29, 0.717) is 12.1 Å². The van der Waals surface area contributed by atoms with Gasteiger partial charge in [0.05, 0.1) is 22.7 Å². The van der Waals surface area contributed by atoms with Crippen LogP contribution < -0.4 is 10.2 Å². The molecule has 0 atom stereocenters. The van der Waals surface area contributed by atoms with Crippen molar-refractivity contribution in [2.24, 2.45) is 0 Å². The minimum Gasteiger partial charge on any atom is -0.322 e. The van der Waals surface area contributed by atoms with Gasteiger partial charge in [0.25, 0.3) is 5.91 Å². The number of hydrogen-bond acceptors (Lipinski definition) is 2. The molecule has 0 saturated carbocycles. The van der Waals surface area contributed by atoms with Gasteiger partial charge in [-0.3, -0.25) is 9.59 Å². The number of aryl methyl sites for hydroxylation is 1. The third kappa shape index (κ3) is 2.36. The number of rotatable bonds is 2. The van der Waals surface area contributed by atoms with Gasteiger partial charge in [-0.2, -0.15) is 0 Å². The second-order valence-corrected chi connectivity index (χ2v) is 6.43. The number of nitrogens with zero attached hydrogens (tertiary/aromatic N) is 1. The summed E-state index contributed by atoms with van der Waals surface area (Å²) >= 11 is 5.94. The van der Waals surface area contributed by atoms with Crippen LogP contribution in [0.4, 0.5) is 15.8 Å². The molecule has 6 heteroatoms. The third-order valence-electron chi connectivity index (χ3n) is 4.46. The molecule has 0 fully saturated rings. The molecule has 4 rings (SSSR count). The van der Waals surface area contributed by atoms with E-state index in [1.807, 2.05) is 11.0 Å². The highest BCUT2D eigenvalue weighted by molar-refractivity contribution is 6.34. The van der Waals surface area contributed by atoms with Crippen LogP contribution in [0.5, 0.6) is 0 Å². The zero-order chi connectivity index (χ0) is 16.8. The number of carbonyl (C=O) groups excluding carboxylic acids is 2. The van der Waals surface area contributed by atoms with Crippen molar-refractivity contribution in [2.45, 2.75) is 19.3 Å². The second kappa shape index (κ2) is 5.60. The molecule has 0 radical (unpaired) electrons. The molecular formula is C18H14ClFN2O2. The lowest BCUT2D eigenvalue weighted by Crippen LogP contribution is -2.31. The fourth-order valence-corrected chi connectivity index (χ4v) is 3.71. The smallest absolute Gasteiger partial charge is 0.260 e. The maximum absolute atomic E-state index is 13.9. The van der Waals surface area contributed by atoms with Crippen molar-refractivity contribution in [1.82, 2.24) is 0 Å². The predicted molar refractivity (Wildman–Crippen MR) is 90.2 cm³/mol. The van der Waals surface area contributed by atoms with Gasteiger partial charge in [0.2, 0.25) is 5.91 Å². The van der Waals surface area contributed by atoms with Crippen molar-refractivity contribution >= 4 is 34.8 Å². The van der Waals surface area contributed by atoms with Gasteiger partial charge in [-0.05, 0) is 48.2 Å². The van der Waals surface area contributed by atoms with Crippen LogP contribution in [-0.2, 0) is 17.6 Å². The monoisotopic (exact) mass is 344 g/mol. The van der Waals surface area contributed by atoms with Gasteiger partial charge >= 0.3 is 0 Å². The summed E-state index contributed by atoms with van der Waals surface area (Å²) in [4.78, 5) is 26.3. The highest BCUT2D eigenvalue weighted by Gasteiger charge is 2.32. The van der Waals surface area contributed by atoms with Crippen LogP contribution >= 0.6 is 11.6 Å². The van der Waals surface area contributed by atoms with E-state index in [-0.39, 0.29) is 16.5 Å². The quantitative estimate of drug-likeness (QED) is 0.905. The molecule has 0 unspecified atom stereocenters. The first kappa shape index (κ1) is 15.1. The summed E-state index contributed by atoms with van der Waals surface area (Å²) < 4.78 is 13.9. The van der Waals surface area contributed by atoms with E-state index in [1.54, 1.807) is 6.07 Å². The summed E-state index contributed by atoms with van der Waals surface area (Å²) in [6.07, 6.45) is 2.09. The summed E-state index contributed by atoms with van der Waals surface area (Å²) in [5.41, 5.74) is 3.32. The van der Waals surface area contributed by atoms with Gasteiger partial charge < -0.3 is 10.2 Å². The van der Waals surface area contributed by atoms with E-state index >= 15 is 0 Å². The van der Waals surface area contributed by atoms with Crippen LogP contribution in [-0.4, -0.2) is 18.4 Å². The van der Waals surface area contributed by atoms with Gasteiger partial charge in [0, 0.05) is 12.2 Å². The minimum atomic E-state index is -0.663. The van der Waals surface area contributed by atoms with Crippen molar-refractivity contribution < 1.29 is 14.0 Å². The summed E-state index contributed by atoms with van der Waals surface area (Å²) in [7, 11) is 0. The summed E-state index contributed by atoms with van der Waals surface area (Å²) in [5.74, 6) is -1.17. The second-order valence-electron chi connectivity index (χ2n) is 6.02. The first-order valence-electron chi connectivity index (χ1n) is 7.76. The van der Waals surface area contributed by atoms with E-state index in [2.05, 4.69) is 5.32 Å². The number of halogens is 2. The molecule has 4 nitrogen and oxygen atoms in total. The molecule has 2 aliphatic heterocycles. The molecule has 2 aromatic rings. The molecule has 2 heterocycles. The number of benzene rings is 2. The number of nitrogens with one attached hydrogen (secondary N) is 1. The highest BCUT2D eigenvalue weighted by Crippen LogP contribution is 2.39. The minimum absolute atomic E-state index is 0.0661.